The van der Waals surface area contributed by atoms with Crippen LogP contribution in [0.2, 0.25) is 0 Å². The van der Waals surface area contributed by atoms with E-state index in [2.05, 4.69) is 11.8 Å². The number of ether oxygens (including phenoxy) is 1. The zero-order chi connectivity index (χ0) is 14.1. The molecule has 2 unspecified atom stereocenters. The van der Waals surface area contributed by atoms with Crippen molar-refractivity contribution in [1.29, 1.82) is 0 Å². The molecule has 0 aromatic heterocycles. The third-order valence-corrected chi connectivity index (χ3v) is 3.90. The number of aliphatic hydroxyl groups excluding tert-OH is 1. The number of rotatable bonds is 9. The minimum atomic E-state index is -0.381. The van der Waals surface area contributed by atoms with Crippen LogP contribution in [0, 0.1) is 0 Å². The number of aliphatic hydroxyl groups is 1. The summed E-state index contributed by atoms with van der Waals surface area (Å²) in [5.74, 6) is -0.209. The Balaban J connectivity index is 2.15. The van der Waals surface area contributed by atoms with Gasteiger partial charge in [0.25, 0.3) is 0 Å². The first-order valence-corrected chi connectivity index (χ1v) is 7.69. The molecule has 1 aliphatic heterocycles. The zero-order valence-electron chi connectivity index (χ0n) is 12.4. The first-order chi connectivity index (χ1) is 9.19. The molecular weight excluding hydrogens is 242 g/mol. The maximum atomic E-state index is 11.6. The van der Waals surface area contributed by atoms with Gasteiger partial charge in [0.2, 0.25) is 0 Å². The fourth-order valence-corrected chi connectivity index (χ4v) is 2.78. The fraction of sp³-hybridized carbons (Fsp3) is 0.933. The minimum Gasteiger partial charge on any atom is -0.468 e. The topological polar surface area (TPSA) is 49.8 Å². The van der Waals surface area contributed by atoms with Crippen molar-refractivity contribution in [2.24, 2.45) is 0 Å². The molecule has 2 atom stereocenters. The lowest BCUT2D eigenvalue weighted by atomic mass is 10.1. The zero-order valence-corrected chi connectivity index (χ0v) is 12.4. The molecule has 1 aliphatic rings. The number of likely N-dealkylation sites (tertiary alicyclic amines) is 1. The van der Waals surface area contributed by atoms with Crippen molar-refractivity contribution in [3.8, 4) is 0 Å². The Hall–Kier alpha value is -0.610. The van der Waals surface area contributed by atoms with Gasteiger partial charge in [-0.2, -0.15) is 0 Å². The van der Waals surface area contributed by atoms with Gasteiger partial charge in [0.15, 0.2) is 0 Å². The molecule has 0 spiro atoms. The summed E-state index contributed by atoms with van der Waals surface area (Å²) in [5, 5.41) is 9.66. The van der Waals surface area contributed by atoms with Crippen LogP contribution in [0.3, 0.4) is 0 Å². The SMILES string of the molecule is CCCCCCCCCN1CC(O)CC1C(=O)OC. The van der Waals surface area contributed by atoms with Gasteiger partial charge in [0.1, 0.15) is 6.04 Å². The van der Waals surface area contributed by atoms with Crippen molar-refractivity contribution in [3.05, 3.63) is 0 Å². The summed E-state index contributed by atoms with van der Waals surface area (Å²) in [4.78, 5) is 13.7. The quantitative estimate of drug-likeness (QED) is 0.516. The van der Waals surface area contributed by atoms with Gasteiger partial charge in [-0.25, -0.2) is 0 Å². The Morgan fingerprint density at radius 2 is 1.84 bits per heavy atom. The van der Waals surface area contributed by atoms with E-state index in [0.717, 1.165) is 13.0 Å². The molecule has 4 nitrogen and oxygen atoms in total. The molecule has 0 amide bonds. The van der Waals surface area contributed by atoms with Gasteiger partial charge in [0, 0.05) is 13.0 Å². The maximum absolute atomic E-state index is 11.6. The van der Waals surface area contributed by atoms with Gasteiger partial charge in [0.05, 0.1) is 13.2 Å². The smallest absolute Gasteiger partial charge is 0.323 e. The molecule has 0 bridgehead atoms. The number of methoxy groups -OCH3 is 1. The molecule has 19 heavy (non-hydrogen) atoms. The van der Waals surface area contributed by atoms with E-state index < -0.39 is 0 Å². The number of hydrogen-bond acceptors (Lipinski definition) is 4. The highest BCUT2D eigenvalue weighted by Gasteiger charge is 2.36. The van der Waals surface area contributed by atoms with Crippen molar-refractivity contribution in [3.63, 3.8) is 0 Å². The lowest BCUT2D eigenvalue weighted by Gasteiger charge is -2.21. The average molecular weight is 271 g/mol. The fourth-order valence-electron chi connectivity index (χ4n) is 2.78. The molecule has 0 aromatic carbocycles. The molecule has 1 fully saturated rings. The van der Waals surface area contributed by atoms with Gasteiger partial charge in [-0.1, -0.05) is 45.4 Å². The Kier molecular flexibility index (Phi) is 8.07. The molecule has 1 rings (SSSR count). The van der Waals surface area contributed by atoms with Crippen molar-refractivity contribution < 1.29 is 14.6 Å². The van der Waals surface area contributed by atoms with Gasteiger partial charge < -0.3 is 9.84 Å². The minimum absolute atomic E-state index is 0.209. The Labute approximate surface area is 117 Å². The van der Waals surface area contributed by atoms with Crippen LogP contribution in [0.1, 0.15) is 58.3 Å². The van der Waals surface area contributed by atoms with Crippen LogP contribution in [0.25, 0.3) is 0 Å². The molecule has 1 saturated heterocycles. The third kappa shape index (κ3) is 5.91. The molecule has 1 heterocycles. The van der Waals surface area contributed by atoms with E-state index in [1.807, 2.05) is 0 Å². The highest BCUT2D eigenvalue weighted by Crippen LogP contribution is 2.20. The largest absolute Gasteiger partial charge is 0.468 e. The molecule has 0 radical (unpaired) electrons. The first kappa shape index (κ1) is 16.4. The van der Waals surface area contributed by atoms with E-state index in [-0.39, 0.29) is 18.1 Å². The van der Waals surface area contributed by atoms with Gasteiger partial charge >= 0.3 is 5.97 Å². The third-order valence-electron chi connectivity index (χ3n) is 3.90. The van der Waals surface area contributed by atoms with Crippen molar-refractivity contribution in [2.45, 2.75) is 70.4 Å². The molecule has 0 saturated carbocycles. The van der Waals surface area contributed by atoms with Gasteiger partial charge in [-0.3, -0.25) is 9.69 Å². The average Bonchev–Trinajstić information content (AvgIpc) is 2.78. The Morgan fingerprint density at radius 3 is 2.47 bits per heavy atom. The second-order valence-corrected chi connectivity index (χ2v) is 5.54. The number of esters is 1. The van der Waals surface area contributed by atoms with Crippen LogP contribution in [-0.2, 0) is 9.53 Å². The lowest BCUT2D eigenvalue weighted by Crippen LogP contribution is -2.37. The summed E-state index contributed by atoms with van der Waals surface area (Å²) in [6.45, 7) is 3.73. The van der Waals surface area contributed by atoms with Crippen molar-refractivity contribution in [1.82, 2.24) is 4.90 Å². The van der Waals surface area contributed by atoms with Crippen molar-refractivity contribution >= 4 is 5.97 Å². The van der Waals surface area contributed by atoms with Gasteiger partial charge in [-0.05, 0) is 13.0 Å². The molecule has 0 aromatic rings. The van der Waals surface area contributed by atoms with E-state index in [1.165, 1.54) is 45.6 Å². The normalized spacial score (nSPS) is 23.7. The summed E-state index contributed by atoms with van der Waals surface area (Å²) >= 11 is 0. The van der Waals surface area contributed by atoms with Crippen LogP contribution in [0.5, 0.6) is 0 Å². The van der Waals surface area contributed by atoms with E-state index in [9.17, 15) is 9.90 Å². The molecule has 1 N–H and O–H groups in total. The van der Waals surface area contributed by atoms with Crippen LogP contribution in [0.4, 0.5) is 0 Å². The monoisotopic (exact) mass is 271 g/mol. The number of nitrogens with zero attached hydrogens (tertiary/aromatic N) is 1. The van der Waals surface area contributed by atoms with Crippen molar-refractivity contribution in [2.75, 3.05) is 20.2 Å². The predicted molar refractivity (Wildman–Crippen MR) is 76.0 cm³/mol. The van der Waals surface area contributed by atoms with E-state index in [4.69, 9.17) is 4.74 Å². The number of carbonyl (C=O) groups excluding carboxylic acids is 1. The van der Waals surface area contributed by atoms with E-state index in [1.54, 1.807) is 0 Å². The number of unbranched alkanes of at least 4 members (excludes halogenated alkanes) is 6. The van der Waals surface area contributed by atoms with Crippen LogP contribution in [0.15, 0.2) is 0 Å². The summed E-state index contributed by atoms with van der Waals surface area (Å²) in [7, 11) is 1.42. The summed E-state index contributed by atoms with van der Waals surface area (Å²) in [6.07, 6.45) is 9.00. The highest BCUT2D eigenvalue weighted by atomic mass is 16.5. The molecular formula is C15H29NO3. The van der Waals surface area contributed by atoms with Crippen LogP contribution < -0.4 is 0 Å². The molecule has 0 aliphatic carbocycles. The number of carbonyl (C=O) groups is 1. The van der Waals surface area contributed by atoms with Crippen LogP contribution in [-0.4, -0.2) is 48.3 Å². The number of β-amino-alcohol motifs (C(OH)–C–C–N with tert-alkyl or cyclic N) is 1. The molecule has 112 valence electrons. The maximum Gasteiger partial charge on any atom is 0.323 e. The highest BCUT2D eigenvalue weighted by molar-refractivity contribution is 5.76. The van der Waals surface area contributed by atoms with E-state index >= 15 is 0 Å². The van der Waals surface area contributed by atoms with Gasteiger partial charge in [-0.15, -0.1) is 0 Å². The number of hydrogen-bond donors (Lipinski definition) is 1. The second-order valence-electron chi connectivity index (χ2n) is 5.54. The molecule has 4 heteroatoms. The standard InChI is InChI=1S/C15H29NO3/c1-3-4-5-6-7-8-9-10-16-12-13(17)11-14(16)15(18)19-2/h13-14,17H,3-12H2,1-2H3. The summed E-state index contributed by atoms with van der Waals surface area (Å²) in [5.41, 5.74) is 0. The first-order valence-electron chi connectivity index (χ1n) is 7.69. The lowest BCUT2D eigenvalue weighted by molar-refractivity contribution is -0.145. The summed E-state index contributed by atoms with van der Waals surface area (Å²) in [6, 6.07) is -0.236. The summed E-state index contributed by atoms with van der Waals surface area (Å²) < 4.78 is 4.79. The second kappa shape index (κ2) is 9.32. The van der Waals surface area contributed by atoms with E-state index in [0.29, 0.717) is 13.0 Å². The predicted octanol–water partition coefficient (Wildman–Crippen LogP) is 2.35. The Morgan fingerprint density at radius 1 is 1.21 bits per heavy atom. The Bertz CT molecular complexity index is 258. The van der Waals surface area contributed by atoms with Crippen LogP contribution >= 0.6 is 0 Å².